The lowest BCUT2D eigenvalue weighted by Gasteiger charge is -2.03. The first-order valence-corrected chi connectivity index (χ1v) is 6.92. The van der Waals surface area contributed by atoms with Gasteiger partial charge in [0.25, 0.3) is 0 Å². The molecule has 0 saturated carbocycles. The summed E-state index contributed by atoms with van der Waals surface area (Å²) in [4.78, 5) is 9.31. The molecule has 3 nitrogen and oxygen atoms in total. The summed E-state index contributed by atoms with van der Waals surface area (Å²) in [6, 6.07) is 16.2. The van der Waals surface area contributed by atoms with Gasteiger partial charge in [-0.3, -0.25) is 0 Å². The minimum Gasteiger partial charge on any atom is -0.492 e. The van der Waals surface area contributed by atoms with Gasteiger partial charge in [0.05, 0.1) is 17.2 Å². The molecular formula is C15H12N2OS. The lowest BCUT2D eigenvalue weighted by atomic mass is 10.2. The van der Waals surface area contributed by atoms with Crippen LogP contribution in [0.2, 0.25) is 0 Å². The molecule has 3 rings (SSSR count). The lowest BCUT2D eigenvalue weighted by molar-refractivity contribution is 0.453. The predicted octanol–water partition coefficient (Wildman–Crippen LogP) is 3.63. The number of fused-ring (bicyclic) bond motifs is 1. The first kappa shape index (κ1) is 12.0. The van der Waals surface area contributed by atoms with Crippen molar-refractivity contribution in [2.75, 3.05) is 0 Å². The van der Waals surface area contributed by atoms with E-state index in [2.05, 4.69) is 22.1 Å². The number of nitrogens with zero attached hydrogens (tertiary/aromatic N) is 2. The fourth-order valence-corrected chi connectivity index (χ4v) is 2.70. The second-order valence-corrected chi connectivity index (χ2v) is 5.20. The summed E-state index contributed by atoms with van der Waals surface area (Å²) in [5.74, 6) is 0.871. The van der Waals surface area contributed by atoms with Crippen molar-refractivity contribution in [3.8, 4) is 5.88 Å². The maximum Gasteiger partial charge on any atom is 0.230 e. The average molecular weight is 268 g/mol. The summed E-state index contributed by atoms with van der Waals surface area (Å²) in [6.45, 7) is 0. The molecule has 0 aliphatic carbocycles. The highest BCUT2D eigenvalue weighted by atomic mass is 32.2. The molecule has 0 atom stereocenters. The van der Waals surface area contributed by atoms with E-state index in [0.717, 1.165) is 21.7 Å². The zero-order valence-corrected chi connectivity index (χ0v) is 11.0. The van der Waals surface area contributed by atoms with E-state index in [1.807, 2.05) is 36.4 Å². The molecule has 1 N–H and O–H groups in total. The van der Waals surface area contributed by atoms with E-state index >= 15 is 0 Å². The van der Waals surface area contributed by atoms with Gasteiger partial charge < -0.3 is 5.11 Å². The summed E-state index contributed by atoms with van der Waals surface area (Å²) < 4.78 is 0. The van der Waals surface area contributed by atoms with Crippen molar-refractivity contribution in [2.24, 2.45) is 0 Å². The number of aromatic nitrogens is 2. The minimum absolute atomic E-state index is 0.0438. The normalized spacial score (nSPS) is 10.7. The van der Waals surface area contributed by atoms with Crippen LogP contribution in [0, 0.1) is 0 Å². The van der Waals surface area contributed by atoms with Gasteiger partial charge in [0.1, 0.15) is 0 Å². The van der Waals surface area contributed by atoms with Crippen molar-refractivity contribution in [2.45, 2.75) is 10.6 Å². The van der Waals surface area contributed by atoms with Gasteiger partial charge in [0.2, 0.25) is 5.88 Å². The maximum absolute atomic E-state index is 9.35. The second-order valence-electron chi connectivity index (χ2n) is 4.15. The van der Waals surface area contributed by atoms with E-state index in [1.165, 1.54) is 11.8 Å². The Balaban J connectivity index is 1.81. The van der Waals surface area contributed by atoms with Crippen LogP contribution in [0.4, 0.5) is 0 Å². The minimum atomic E-state index is -0.0438. The molecule has 0 spiro atoms. The fourth-order valence-electron chi connectivity index (χ4n) is 1.81. The first-order chi connectivity index (χ1) is 9.31. The van der Waals surface area contributed by atoms with Crippen LogP contribution >= 0.6 is 11.8 Å². The SMILES string of the molecule is Oc1cnc2ccc(SCc3ccccc3)cc2n1. The Labute approximate surface area is 115 Å². The largest absolute Gasteiger partial charge is 0.492 e. The Morgan fingerprint density at radius 1 is 1.00 bits per heavy atom. The Morgan fingerprint density at radius 2 is 1.84 bits per heavy atom. The quantitative estimate of drug-likeness (QED) is 0.737. The zero-order chi connectivity index (χ0) is 13.1. The Kier molecular flexibility index (Phi) is 3.33. The number of hydrogen-bond donors (Lipinski definition) is 1. The van der Waals surface area contributed by atoms with Crippen molar-refractivity contribution >= 4 is 22.8 Å². The molecule has 1 aromatic heterocycles. The third-order valence-electron chi connectivity index (χ3n) is 2.75. The Bertz CT molecular complexity index is 701. The summed E-state index contributed by atoms with van der Waals surface area (Å²) in [5.41, 5.74) is 2.80. The summed E-state index contributed by atoms with van der Waals surface area (Å²) in [5, 5.41) is 9.35. The zero-order valence-electron chi connectivity index (χ0n) is 10.2. The second kappa shape index (κ2) is 5.28. The number of aromatic hydroxyl groups is 1. The molecule has 0 unspecified atom stereocenters. The smallest absolute Gasteiger partial charge is 0.230 e. The van der Waals surface area contributed by atoms with Crippen molar-refractivity contribution in [3.05, 3.63) is 60.3 Å². The van der Waals surface area contributed by atoms with Crippen LogP contribution < -0.4 is 0 Å². The molecule has 0 saturated heterocycles. The lowest BCUT2D eigenvalue weighted by Crippen LogP contribution is -1.85. The van der Waals surface area contributed by atoms with Crippen LogP contribution in [-0.2, 0) is 5.75 Å². The molecule has 0 amide bonds. The standard InChI is InChI=1S/C15H12N2OS/c18-15-9-16-13-7-6-12(8-14(13)17-15)19-10-11-4-2-1-3-5-11/h1-9H,10H2,(H,17,18). The van der Waals surface area contributed by atoms with E-state index in [-0.39, 0.29) is 5.88 Å². The average Bonchev–Trinajstić information content (AvgIpc) is 2.46. The van der Waals surface area contributed by atoms with E-state index in [0.29, 0.717) is 0 Å². The van der Waals surface area contributed by atoms with Gasteiger partial charge in [-0.15, -0.1) is 11.8 Å². The molecule has 3 aromatic rings. The van der Waals surface area contributed by atoms with Crippen LogP contribution in [0.1, 0.15) is 5.56 Å². The van der Waals surface area contributed by atoms with Crippen molar-refractivity contribution < 1.29 is 5.11 Å². The summed E-state index contributed by atoms with van der Waals surface area (Å²) >= 11 is 1.74. The van der Waals surface area contributed by atoms with Gasteiger partial charge >= 0.3 is 0 Å². The van der Waals surface area contributed by atoms with Crippen LogP contribution in [0.3, 0.4) is 0 Å². The predicted molar refractivity (Wildman–Crippen MR) is 77.2 cm³/mol. The number of benzene rings is 2. The third-order valence-corrected chi connectivity index (χ3v) is 3.81. The van der Waals surface area contributed by atoms with Crippen LogP contribution in [0.5, 0.6) is 5.88 Å². The monoisotopic (exact) mass is 268 g/mol. The maximum atomic E-state index is 9.35. The van der Waals surface area contributed by atoms with Gasteiger partial charge in [-0.05, 0) is 23.8 Å². The highest BCUT2D eigenvalue weighted by Crippen LogP contribution is 2.25. The van der Waals surface area contributed by atoms with Crippen molar-refractivity contribution in [3.63, 3.8) is 0 Å². The van der Waals surface area contributed by atoms with Gasteiger partial charge in [-0.1, -0.05) is 30.3 Å². The summed E-state index contributed by atoms with van der Waals surface area (Å²) in [6.07, 6.45) is 1.36. The fraction of sp³-hybridized carbons (Fsp3) is 0.0667. The third kappa shape index (κ3) is 2.85. The number of rotatable bonds is 3. The van der Waals surface area contributed by atoms with E-state index < -0.39 is 0 Å². The molecule has 19 heavy (non-hydrogen) atoms. The molecule has 94 valence electrons. The van der Waals surface area contributed by atoms with Crippen molar-refractivity contribution in [1.29, 1.82) is 0 Å². The van der Waals surface area contributed by atoms with E-state index in [1.54, 1.807) is 11.8 Å². The number of thioether (sulfide) groups is 1. The first-order valence-electron chi connectivity index (χ1n) is 5.94. The van der Waals surface area contributed by atoms with Crippen LogP contribution in [0.15, 0.2) is 59.6 Å². The highest BCUT2D eigenvalue weighted by molar-refractivity contribution is 7.98. The molecule has 4 heteroatoms. The molecular weight excluding hydrogens is 256 g/mol. The topological polar surface area (TPSA) is 46.0 Å². The Hall–Kier alpha value is -2.07. The molecule has 2 aromatic carbocycles. The molecule has 0 radical (unpaired) electrons. The van der Waals surface area contributed by atoms with Crippen LogP contribution in [0.25, 0.3) is 11.0 Å². The van der Waals surface area contributed by atoms with Crippen LogP contribution in [-0.4, -0.2) is 15.1 Å². The van der Waals surface area contributed by atoms with E-state index in [4.69, 9.17) is 0 Å². The molecule has 0 aliphatic rings. The number of hydrogen-bond acceptors (Lipinski definition) is 4. The molecule has 0 bridgehead atoms. The van der Waals surface area contributed by atoms with Gasteiger partial charge in [0, 0.05) is 10.6 Å². The molecule has 0 fully saturated rings. The van der Waals surface area contributed by atoms with Gasteiger partial charge in [-0.25, -0.2) is 9.97 Å². The Morgan fingerprint density at radius 3 is 2.68 bits per heavy atom. The van der Waals surface area contributed by atoms with E-state index in [9.17, 15) is 5.11 Å². The molecule has 0 aliphatic heterocycles. The van der Waals surface area contributed by atoms with Gasteiger partial charge in [0.15, 0.2) is 0 Å². The van der Waals surface area contributed by atoms with Gasteiger partial charge in [-0.2, -0.15) is 0 Å². The molecule has 1 heterocycles. The van der Waals surface area contributed by atoms with Crippen molar-refractivity contribution in [1.82, 2.24) is 9.97 Å². The highest BCUT2D eigenvalue weighted by Gasteiger charge is 2.01. The summed E-state index contributed by atoms with van der Waals surface area (Å²) in [7, 11) is 0.